The molecule has 0 bridgehead atoms. The summed E-state index contributed by atoms with van der Waals surface area (Å²) in [7, 11) is 2.06. The fourth-order valence-corrected chi connectivity index (χ4v) is 4.45. The smallest absolute Gasteiger partial charge is 0.258 e. The highest BCUT2D eigenvalue weighted by molar-refractivity contribution is 6.34. The Hall–Kier alpha value is -2.18. The van der Waals surface area contributed by atoms with Gasteiger partial charge in [-0.15, -0.1) is 0 Å². The maximum Gasteiger partial charge on any atom is 0.258 e. The first-order valence-corrected chi connectivity index (χ1v) is 10.5. The SMILES string of the molecule is CC1CC(N(C)c2cccc(NC(=O)c3ccc(F)cc3Cl)n2)CCN1C1CC1. The zero-order valence-electron chi connectivity index (χ0n) is 16.7. The van der Waals surface area contributed by atoms with Crippen molar-refractivity contribution in [1.29, 1.82) is 0 Å². The second-order valence-corrected chi connectivity index (χ2v) is 8.47. The molecule has 1 amide bonds. The molecule has 154 valence electrons. The van der Waals surface area contributed by atoms with Crippen LogP contribution in [-0.4, -0.2) is 47.5 Å². The van der Waals surface area contributed by atoms with Gasteiger partial charge in [0.1, 0.15) is 17.5 Å². The number of anilines is 2. The minimum Gasteiger partial charge on any atom is -0.357 e. The molecule has 1 aromatic carbocycles. The molecule has 0 radical (unpaired) electrons. The van der Waals surface area contributed by atoms with Crippen LogP contribution in [0.15, 0.2) is 36.4 Å². The highest BCUT2D eigenvalue weighted by Gasteiger charge is 2.37. The van der Waals surface area contributed by atoms with Gasteiger partial charge in [-0.3, -0.25) is 9.69 Å². The zero-order valence-corrected chi connectivity index (χ0v) is 17.5. The molecule has 5 nitrogen and oxygen atoms in total. The third-order valence-electron chi connectivity index (χ3n) is 5.98. The van der Waals surface area contributed by atoms with Crippen LogP contribution in [0.25, 0.3) is 0 Å². The van der Waals surface area contributed by atoms with Crippen molar-refractivity contribution in [3.63, 3.8) is 0 Å². The molecule has 1 aliphatic carbocycles. The number of hydrogen-bond donors (Lipinski definition) is 1. The van der Waals surface area contributed by atoms with E-state index in [9.17, 15) is 9.18 Å². The number of aromatic nitrogens is 1. The van der Waals surface area contributed by atoms with E-state index in [1.165, 1.54) is 25.0 Å². The van der Waals surface area contributed by atoms with Gasteiger partial charge in [-0.05, 0) is 62.9 Å². The minimum absolute atomic E-state index is 0.0761. The van der Waals surface area contributed by atoms with Crippen molar-refractivity contribution in [3.05, 3.63) is 52.8 Å². The van der Waals surface area contributed by atoms with Crippen molar-refractivity contribution >= 4 is 29.1 Å². The summed E-state index contributed by atoms with van der Waals surface area (Å²) in [5.41, 5.74) is 0.217. The lowest BCUT2D eigenvalue weighted by atomic mass is 9.97. The Balaban J connectivity index is 1.43. The molecule has 0 spiro atoms. The third kappa shape index (κ3) is 4.54. The van der Waals surface area contributed by atoms with E-state index in [4.69, 9.17) is 11.6 Å². The lowest BCUT2D eigenvalue weighted by Crippen LogP contribution is -2.49. The molecule has 4 rings (SSSR count). The van der Waals surface area contributed by atoms with E-state index in [1.807, 2.05) is 12.1 Å². The fourth-order valence-electron chi connectivity index (χ4n) is 4.20. The Morgan fingerprint density at radius 3 is 2.76 bits per heavy atom. The number of piperidine rings is 1. The standard InChI is InChI=1S/C22H26ClFN4O/c1-14-12-17(10-11-28(14)16-7-8-16)27(2)21-5-3-4-20(25-21)26-22(29)18-9-6-15(24)13-19(18)23/h3-6,9,13-14,16-17H,7-8,10-12H2,1-2H3,(H,25,26,29). The molecule has 1 saturated heterocycles. The van der Waals surface area contributed by atoms with Gasteiger partial charge < -0.3 is 10.2 Å². The quantitative estimate of drug-likeness (QED) is 0.775. The van der Waals surface area contributed by atoms with Crippen LogP contribution in [0.4, 0.5) is 16.0 Å². The summed E-state index contributed by atoms with van der Waals surface area (Å²) in [6.45, 7) is 3.44. The largest absolute Gasteiger partial charge is 0.357 e. The van der Waals surface area contributed by atoms with Crippen molar-refractivity contribution in [3.8, 4) is 0 Å². The van der Waals surface area contributed by atoms with Gasteiger partial charge in [-0.2, -0.15) is 0 Å². The summed E-state index contributed by atoms with van der Waals surface area (Å²) >= 11 is 5.99. The van der Waals surface area contributed by atoms with Crippen molar-refractivity contribution < 1.29 is 9.18 Å². The molecule has 2 heterocycles. The number of hydrogen-bond acceptors (Lipinski definition) is 4. The molecule has 2 atom stereocenters. The van der Waals surface area contributed by atoms with E-state index in [2.05, 4.69) is 34.1 Å². The van der Waals surface area contributed by atoms with Gasteiger partial charge in [0.05, 0.1) is 10.6 Å². The van der Waals surface area contributed by atoms with E-state index in [1.54, 1.807) is 6.07 Å². The lowest BCUT2D eigenvalue weighted by Gasteiger charge is -2.41. The van der Waals surface area contributed by atoms with Gasteiger partial charge >= 0.3 is 0 Å². The summed E-state index contributed by atoms with van der Waals surface area (Å²) in [6.07, 6.45) is 4.90. The Kier molecular flexibility index (Phi) is 5.74. The van der Waals surface area contributed by atoms with Crippen molar-refractivity contribution in [2.75, 3.05) is 23.8 Å². The molecule has 1 N–H and O–H groups in total. The molecule has 2 aliphatic rings. The van der Waals surface area contributed by atoms with Gasteiger partial charge in [0.2, 0.25) is 0 Å². The molecule has 7 heteroatoms. The normalized spacial score (nSPS) is 22.3. The molecule has 29 heavy (non-hydrogen) atoms. The van der Waals surface area contributed by atoms with Crippen molar-refractivity contribution in [2.24, 2.45) is 0 Å². The maximum atomic E-state index is 13.2. The van der Waals surface area contributed by atoms with E-state index in [0.717, 1.165) is 37.3 Å². The van der Waals surface area contributed by atoms with Crippen LogP contribution in [0.2, 0.25) is 5.02 Å². The van der Waals surface area contributed by atoms with Gasteiger partial charge in [0.15, 0.2) is 0 Å². The number of halogens is 2. The molecule has 1 aliphatic heterocycles. The number of amides is 1. The average molecular weight is 417 g/mol. The molecule has 2 fully saturated rings. The number of rotatable bonds is 5. The summed E-state index contributed by atoms with van der Waals surface area (Å²) in [5.74, 6) is 0.386. The molecule has 1 aromatic heterocycles. The maximum absolute atomic E-state index is 13.2. The highest BCUT2D eigenvalue weighted by atomic mass is 35.5. The Labute approximate surface area is 175 Å². The predicted octanol–water partition coefficient (Wildman–Crippen LogP) is 4.58. The monoisotopic (exact) mass is 416 g/mol. The van der Waals surface area contributed by atoms with Crippen LogP contribution in [0.3, 0.4) is 0 Å². The Morgan fingerprint density at radius 2 is 2.07 bits per heavy atom. The predicted molar refractivity (Wildman–Crippen MR) is 114 cm³/mol. The molecular formula is C22H26ClFN4O. The van der Waals surface area contributed by atoms with Gasteiger partial charge in [-0.1, -0.05) is 17.7 Å². The highest BCUT2D eigenvalue weighted by Crippen LogP contribution is 2.34. The van der Waals surface area contributed by atoms with Crippen molar-refractivity contribution in [1.82, 2.24) is 9.88 Å². The molecule has 1 saturated carbocycles. The summed E-state index contributed by atoms with van der Waals surface area (Å²) in [5, 5.41) is 2.84. The lowest BCUT2D eigenvalue weighted by molar-refractivity contribution is 0.102. The van der Waals surface area contributed by atoms with Gasteiger partial charge in [0, 0.05) is 31.7 Å². The first-order chi connectivity index (χ1) is 13.9. The third-order valence-corrected chi connectivity index (χ3v) is 6.29. The number of pyridine rings is 1. The molecule has 2 aromatic rings. The number of carbonyl (C=O) groups excluding carboxylic acids is 1. The number of benzene rings is 1. The fraction of sp³-hybridized carbons (Fsp3) is 0.455. The van der Waals surface area contributed by atoms with Crippen LogP contribution in [0.5, 0.6) is 0 Å². The number of nitrogens with zero attached hydrogens (tertiary/aromatic N) is 3. The Bertz CT molecular complexity index is 904. The second-order valence-electron chi connectivity index (χ2n) is 8.07. The average Bonchev–Trinajstić information content (AvgIpc) is 3.52. The summed E-state index contributed by atoms with van der Waals surface area (Å²) in [6, 6.07) is 11.1. The molecule has 2 unspecified atom stereocenters. The van der Waals surface area contributed by atoms with Crippen LogP contribution >= 0.6 is 11.6 Å². The van der Waals surface area contributed by atoms with E-state index >= 15 is 0 Å². The van der Waals surface area contributed by atoms with Crippen LogP contribution in [-0.2, 0) is 0 Å². The van der Waals surface area contributed by atoms with Crippen LogP contribution < -0.4 is 10.2 Å². The zero-order chi connectivity index (χ0) is 20.5. The number of likely N-dealkylation sites (tertiary alicyclic amines) is 1. The van der Waals surface area contributed by atoms with Crippen molar-refractivity contribution in [2.45, 2.75) is 50.7 Å². The summed E-state index contributed by atoms with van der Waals surface area (Å²) in [4.78, 5) is 22.0. The molecular weight excluding hydrogens is 391 g/mol. The topological polar surface area (TPSA) is 48.5 Å². The Morgan fingerprint density at radius 1 is 1.28 bits per heavy atom. The number of nitrogens with one attached hydrogen (secondary N) is 1. The first kappa shape index (κ1) is 20.1. The van der Waals surface area contributed by atoms with Gasteiger partial charge in [0.25, 0.3) is 5.91 Å². The van der Waals surface area contributed by atoms with E-state index in [-0.39, 0.29) is 10.6 Å². The minimum atomic E-state index is -0.477. The second kappa shape index (κ2) is 8.28. The van der Waals surface area contributed by atoms with E-state index in [0.29, 0.717) is 17.9 Å². The first-order valence-electron chi connectivity index (χ1n) is 10.1. The van der Waals surface area contributed by atoms with Crippen LogP contribution in [0.1, 0.15) is 43.0 Å². The van der Waals surface area contributed by atoms with E-state index < -0.39 is 11.7 Å². The summed E-state index contributed by atoms with van der Waals surface area (Å²) < 4.78 is 13.2. The number of carbonyl (C=O) groups is 1. The van der Waals surface area contributed by atoms with Crippen LogP contribution in [0, 0.1) is 5.82 Å². The van der Waals surface area contributed by atoms with Gasteiger partial charge in [-0.25, -0.2) is 9.37 Å².